The molecule has 1 N–H and O–H groups in total. The molecular formula is C25H28N2O8S. The van der Waals surface area contributed by atoms with Crippen LogP contribution in [0.5, 0.6) is 11.5 Å². The second-order valence-electron chi connectivity index (χ2n) is 7.95. The van der Waals surface area contributed by atoms with Crippen molar-refractivity contribution in [2.24, 2.45) is 4.58 Å². The molecule has 2 aromatic carbocycles. The van der Waals surface area contributed by atoms with Gasteiger partial charge >= 0.3 is 11.9 Å². The molecule has 0 saturated heterocycles. The van der Waals surface area contributed by atoms with Crippen LogP contribution >= 0.6 is 11.9 Å². The van der Waals surface area contributed by atoms with Crippen molar-refractivity contribution in [3.05, 3.63) is 64.6 Å². The van der Waals surface area contributed by atoms with E-state index in [4.69, 9.17) is 18.9 Å². The first kappa shape index (κ1) is 28.4. The summed E-state index contributed by atoms with van der Waals surface area (Å²) in [6.45, 7) is 3.03. The summed E-state index contributed by atoms with van der Waals surface area (Å²) >= 11 is 0.855. The Morgan fingerprint density at radius 3 is 2.44 bits per heavy atom. The molecule has 0 atom stereocenters. The zero-order valence-electron chi connectivity index (χ0n) is 20.4. The molecule has 0 radical (unpaired) electrons. The van der Waals surface area contributed by atoms with Crippen LogP contribution in [0.2, 0.25) is 0 Å². The molecule has 0 aliphatic rings. The lowest BCUT2D eigenvalue weighted by atomic mass is 10.1. The monoisotopic (exact) mass is 516 g/mol. The van der Waals surface area contributed by atoms with Crippen LogP contribution in [0.4, 0.5) is 5.69 Å². The van der Waals surface area contributed by atoms with Gasteiger partial charge in [-0.15, -0.1) is 4.91 Å². The van der Waals surface area contributed by atoms with E-state index in [0.717, 1.165) is 11.9 Å². The second kappa shape index (κ2) is 13.9. The number of amides is 1. The Bertz CT molecular complexity index is 1120. The average molecular weight is 517 g/mol. The number of hydrogen-bond acceptors (Lipinski definition) is 10. The highest BCUT2D eigenvalue weighted by Gasteiger charge is 2.21. The average Bonchev–Trinajstić information content (AvgIpc) is 2.86. The van der Waals surface area contributed by atoms with E-state index >= 15 is 0 Å². The molecule has 0 bridgehead atoms. The van der Waals surface area contributed by atoms with E-state index < -0.39 is 29.2 Å². The predicted octanol–water partition coefficient (Wildman–Crippen LogP) is 4.64. The van der Waals surface area contributed by atoms with Crippen LogP contribution in [-0.4, -0.2) is 50.0 Å². The van der Waals surface area contributed by atoms with Crippen molar-refractivity contribution in [3.8, 4) is 11.5 Å². The number of benzene rings is 2. The molecule has 0 fully saturated rings. The highest BCUT2D eigenvalue weighted by Crippen LogP contribution is 2.29. The fourth-order valence-corrected chi connectivity index (χ4v) is 3.25. The summed E-state index contributed by atoms with van der Waals surface area (Å²) in [5, 5.41) is 2.63. The standard InChI is InChI=1S/C25H28N2O8S/c1-25(2,36-27-31)13-14-34-23(29)16-35-24(30)18-7-5-6-8-19(18)26-22(28)12-10-17-9-11-20(32-3)21(15-17)33-4/h5-12,15H,13-14,16H2,1-4H3,(H,26,28)/b12-10+. The third-order valence-corrected chi connectivity index (χ3v) is 5.59. The fourth-order valence-electron chi connectivity index (χ4n) is 2.87. The number of nitrogens with one attached hydrogen (secondary N) is 1. The topological polar surface area (TPSA) is 130 Å². The highest BCUT2D eigenvalue weighted by molar-refractivity contribution is 7.99. The van der Waals surface area contributed by atoms with Gasteiger partial charge in [0, 0.05) is 27.4 Å². The maximum absolute atomic E-state index is 12.5. The van der Waals surface area contributed by atoms with Crippen LogP contribution in [0, 0.1) is 4.91 Å². The van der Waals surface area contributed by atoms with Gasteiger partial charge in [0.15, 0.2) is 18.1 Å². The number of esters is 2. The Balaban J connectivity index is 1.93. The Morgan fingerprint density at radius 1 is 1.03 bits per heavy atom. The maximum atomic E-state index is 12.5. The van der Waals surface area contributed by atoms with Crippen molar-refractivity contribution >= 4 is 41.6 Å². The first-order chi connectivity index (χ1) is 17.2. The molecule has 0 saturated carbocycles. The SMILES string of the molecule is COc1ccc(/C=C/C(=O)Nc2ccccc2C(=O)OCC(=O)OCCC(C)(C)SN=O)cc1OC. The van der Waals surface area contributed by atoms with Gasteiger partial charge in [-0.3, -0.25) is 4.79 Å². The molecular weight excluding hydrogens is 488 g/mol. The van der Waals surface area contributed by atoms with E-state index in [1.165, 1.54) is 32.4 Å². The quantitative estimate of drug-likeness (QED) is 0.175. The van der Waals surface area contributed by atoms with Gasteiger partial charge in [0.1, 0.15) is 0 Å². The van der Waals surface area contributed by atoms with E-state index in [-0.39, 0.29) is 17.9 Å². The minimum atomic E-state index is -0.798. The number of methoxy groups -OCH3 is 2. The van der Waals surface area contributed by atoms with Crippen molar-refractivity contribution in [1.82, 2.24) is 0 Å². The Morgan fingerprint density at radius 2 is 1.75 bits per heavy atom. The molecule has 0 aromatic heterocycles. The van der Waals surface area contributed by atoms with E-state index in [9.17, 15) is 19.3 Å². The van der Waals surface area contributed by atoms with Crippen LogP contribution in [0.1, 0.15) is 36.2 Å². The van der Waals surface area contributed by atoms with E-state index in [2.05, 4.69) is 9.90 Å². The normalized spacial score (nSPS) is 11.0. The summed E-state index contributed by atoms with van der Waals surface area (Å²) in [4.78, 5) is 47.2. The predicted molar refractivity (Wildman–Crippen MR) is 137 cm³/mol. The van der Waals surface area contributed by atoms with Gasteiger partial charge in [0.2, 0.25) is 5.91 Å². The number of carbonyl (C=O) groups is 3. The number of carbonyl (C=O) groups excluding carboxylic acids is 3. The van der Waals surface area contributed by atoms with Crippen LogP contribution < -0.4 is 14.8 Å². The van der Waals surface area contributed by atoms with Crippen LogP contribution in [0.15, 0.2) is 53.1 Å². The number of anilines is 1. The van der Waals surface area contributed by atoms with Crippen molar-refractivity contribution in [2.45, 2.75) is 25.0 Å². The van der Waals surface area contributed by atoms with Crippen molar-refractivity contribution in [3.63, 3.8) is 0 Å². The number of nitroso groups, excluding NO2 is 1. The minimum Gasteiger partial charge on any atom is -0.493 e. The first-order valence-electron chi connectivity index (χ1n) is 10.8. The largest absolute Gasteiger partial charge is 0.493 e. The van der Waals surface area contributed by atoms with Gasteiger partial charge in [0.05, 0.1) is 32.1 Å². The van der Waals surface area contributed by atoms with Gasteiger partial charge in [-0.1, -0.05) is 18.2 Å². The molecule has 192 valence electrons. The molecule has 0 unspecified atom stereocenters. The van der Waals surface area contributed by atoms with Gasteiger partial charge in [-0.25, -0.2) is 9.59 Å². The van der Waals surface area contributed by atoms with Crippen LogP contribution in [-0.2, 0) is 19.1 Å². The highest BCUT2D eigenvalue weighted by atomic mass is 32.2. The van der Waals surface area contributed by atoms with Gasteiger partial charge in [0.25, 0.3) is 0 Å². The summed E-state index contributed by atoms with van der Waals surface area (Å²) in [5.74, 6) is -0.925. The number of para-hydroxylation sites is 1. The maximum Gasteiger partial charge on any atom is 0.344 e. The molecule has 2 aromatic rings. The lowest BCUT2D eigenvalue weighted by molar-refractivity contribution is -0.147. The lowest BCUT2D eigenvalue weighted by Crippen LogP contribution is -2.22. The summed E-state index contributed by atoms with van der Waals surface area (Å²) < 4.78 is 22.8. The summed E-state index contributed by atoms with van der Waals surface area (Å²) in [7, 11) is 3.05. The van der Waals surface area contributed by atoms with Crippen LogP contribution in [0.25, 0.3) is 6.08 Å². The number of ether oxygens (including phenoxy) is 4. The summed E-state index contributed by atoms with van der Waals surface area (Å²) in [6.07, 6.45) is 3.29. The third-order valence-electron chi connectivity index (χ3n) is 4.81. The number of rotatable bonds is 13. The zero-order valence-corrected chi connectivity index (χ0v) is 21.3. The van der Waals surface area contributed by atoms with Crippen molar-refractivity contribution in [2.75, 3.05) is 32.8 Å². The molecule has 1 amide bonds. The fraction of sp³-hybridized carbons (Fsp3) is 0.320. The Kier molecular flexibility index (Phi) is 10.9. The van der Waals surface area contributed by atoms with E-state index in [0.29, 0.717) is 23.5 Å². The first-order valence-corrected chi connectivity index (χ1v) is 11.6. The van der Waals surface area contributed by atoms with Gasteiger partial charge in [-0.2, -0.15) is 0 Å². The van der Waals surface area contributed by atoms with Crippen LogP contribution in [0.3, 0.4) is 0 Å². The molecule has 10 nitrogen and oxygen atoms in total. The molecule has 0 aliphatic carbocycles. The minimum absolute atomic E-state index is 0.0466. The number of nitrogens with zero attached hydrogens (tertiary/aromatic N) is 1. The summed E-state index contributed by atoms with van der Waals surface area (Å²) in [5.41, 5.74) is 1.00. The smallest absolute Gasteiger partial charge is 0.344 e. The zero-order chi connectivity index (χ0) is 26.6. The summed E-state index contributed by atoms with van der Waals surface area (Å²) in [6, 6.07) is 11.4. The van der Waals surface area contributed by atoms with E-state index in [1.54, 1.807) is 50.3 Å². The van der Waals surface area contributed by atoms with Gasteiger partial charge in [-0.05, 0) is 56.2 Å². The molecule has 0 spiro atoms. The Hall–Kier alpha value is -3.86. The molecule has 0 heterocycles. The molecule has 36 heavy (non-hydrogen) atoms. The van der Waals surface area contributed by atoms with Gasteiger partial charge < -0.3 is 24.3 Å². The van der Waals surface area contributed by atoms with Crippen molar-refractivity contribution < 1.29 is 33.3 Å². The molecule has 11 heteroatoms. The molecule has 2 rings (SSSR count). The molecule has 0 aliphatic heterocycles. The third kappa shape index (κ3) is 9.06. The second-order valence-corrected chi connectivity index (χ2v) is 9.39. The number of hydrogen-bond donors (Lipinski definition) is 1. The van der Waals surface area contributed by atoms with E-state index in [1.807, 2.05) is 0 Å². The lowest BCUT2D eigenvalue weighted by Gasteiger charge is -2.18. The Labute approximate surface area is 213 Å². The van der Waals surface area contributed by atoms with Crippen molar-refractivity contribution in [1.29, 1.82) is 0 Å².